The monoisotopic (exact) mass is 298 g/mol. The van der Waals surface area contributed by atoms with Crippen molar-refractivity contribution in [3.8, 4) is 0 Å². The van der Waals surface area contributed by atoms with Gasteiger partial charge < -0.3 is 5.32 Å². The molecule has 0 aliphatic carbocycles. The average Bonchev–Trinajstić information content (AvgIpc) is 2.37. The van der Waals surface area contributed by atoms with Crippen LogP contribution in [0.5, 0.6) is 0 Å². The summed E-state index contributed by atoms with van der Waals surface area (Å²) in [5.74, 6) is -0.757. The molecule has 0 saturated carbocycles. The quantitative estimate of drug-likeness (QED) is 0.867. The summed E-state index contributed by atoms with van der Waals surface area (Å²) in [6.45, 7) is 0. The highest BCUT2D eigenvalue weighted by Gasteiger charge is 2.11. The summed E-state index contributed by atoms with van der Waals surface area (Å²) in [4.78, 5) is 4.26. The number of thiocarbonyl (C=S) groups is 1. The van der Waals surface area contributed by atoms with Gasteiger partial charge in [0.25, 0.3) is 0 Å². The summed E-state index contributed by atoms with van der Waals surface area (Å²) < 4.78 is 26.9. The van der Waals surface area contributed by atoms with Crippen molar-refractivity contribution < 1.29 is 8.78 Å². The SMILES string of the molecule is Fc1cccc(F)c1CC(=S)Nc1ccc(Cl)cn1. The number of rotatable bonds is 3. The maximum absolute atomic E-state index is 13.4. The first kappa shape index (κ1) is 13.8. The normalized spacial score (nSPS) is 10.3. The molecule has 1 heterocycles. The number of hydrogen-bond donors (Lipinski definition) is 1. The number of benzene rings is 1. The van der Waals surface area contributed by atoms with Gasteiger partial charge in [0, 0.05) is 18.2 Å². The molecule has 19 heavy (non-hydrogen) atoms. The van der Waals surface area contributed by atoms with E-state index in [1.807, 2.05) is 0 Å². The van der Waals surface area contributed by atoms with E-state index in [2.05, 4.69) is 10.3 Å². The van der Waals surface area contributed by atoms with Crippen LogP contribution in [0.25, 0.3) is 0 Å². The van der Waals surface area contributed by atoms with Crippen molar-refractivity contribution in [2.75, 3.05) is 5.32 Å². The molecule has 0 atom stereocenters. The average molecular weight is 299 g/mol. The van der Waals surface area contributed by atoms with E-state index in [4.69, 9.17) is 23.8 Å². The second-order valence-electron chi connectivity index (χ2n) is 3.79. The number of halogens is 3. The second kappa shape index (κ2) is 6.04. The fraction of sp³-hybridized carbons (Fsp3) is 0.0769. The molecule has 2 rings (SSSR count). The largest absolute Gasteiger partial charge is 0.334 e. The van der Waals surface area contributed by atoms with Crippen LogP contribution in [0, 0.1) is 11.6 Å². The Balaban J connectivity index is 2.07. The third-order valence-electron chi connectivity index (χ3n) is 2.39. The van der Waals surface area contributed by atoms with Crippen LogP contribution in [-0.2, 0) is 6.42 Å². The van der Waals surface area contributed by atoms with Gasteiger partial charge >= 0.3 is 0 Å². The van der Waals surface area contributed by atoms with Gasteiger partial charge in [0.05, 0.1) is 10.0 Å². The Kier molecular flexibility index (Phi) is 4.39. The van der Waals surface area contributed by atoms with Crippen LogP contribution >= 0.6 is 23.8 Å². The van der Waals surface area contributed by atoms with E-state index >= 15 is 0 Å². The molecule has 0 saturated heterocycles. The van der Waals surface area contributed by atoms with Gasteiger partial charge in [-0.1, -0.05) is 29.9 Å². The zero-order valence-corrected chi connectivity index (χ0v) is 11.2. The lowest BCUT2D eigenvalue weighted by molar-refractivity contribution is 0.564. The second-order valence-corrected chi connectivity index (χ2v) is 4.72. The predicted molar refractivity (Wildman–Crippen MR) is 75.5 cm³/mol. The highest BCUT2D eigenvalue weighted by atomic mass is 35.5. The molecule has 0 aliphatic heterocycles. The molecule has 0 aliphatic rings. The zero-order chi connectivity index (χ0) is 13.8. The Labute approximate surface area is 119 Å². The van der Waals surface area contributed by atoms with Crippen LogP contribution in [0.15, 0.2) is 36.5 Å². The Hall–Kier alpha value is -1.59. The fourth-order valence-corrected chi connectivity index (χ4v) is 1.86. The molecular formula is C13H9ClF2N2S. The lowest BCUT2D eigenvalue weighted by Gasteiger charge is -2.08. The van der Waals surface area contributed by atoms with Gasteiger partial charge in [-0.2, -0.15) is 0 Å². The number of pyridine rings is 1. The van der Waals surface area contributed by atoms with Crippen molar-refractivity contribution in [1.29, 1.82) is 0 Å². The van der Waals surface area contributed by atoms with Gasteiger partial charge in [0.2, 0.25) is 0 Å². The molecule has 0 spiro atoms. The molecule has 6 heteroatoms. The van der Waals surface area contributed by atoms with E-state index in [1.165, 1.54) is 24.4 Å². The van der Waals surface area contributed by atoms with Crippen molar-refractivity contribution in [2.24, 2.45) is 0 Å². The van der Waals surface area contributed by atoms with Crippen LogP contribution in [0.1, 0.15) is 5.56 Å². The van der Waals surface area contributed by atoms with Gasteiger partial charge in [-0.3, -0.25) is 0 Å². The number of hydrogen-bond acceptors (Lipinski definition) is 2. The summed E-state index contributed by atoms with van der Waals surface area (Å²) in [6.07, 6.45) is 1.42. The van der Waals surface area contributed by atoms with Crippen molar-refractivity contribution in [3.63, 3.8) is 0 Å². The molecule has 98 valence electrons. The van der Waals surface area contributed by atoms with E-state index in [1.54, 1.807) is 12.1 Å². The Bertz CT molecular complexity index is 582. The van der Waals surface area contributed by atoms with Crippen LogP contribution in [-0.4, -0.2) is 9.97 Å². The Morgan fingerprint density at radius 2 is 1.89 bits per heavy atom. The van der Waals surface area contributed by atoms with E-state index in [0.717, 1.165) is 0 Å². The van der Waals surface area contributed by atoms with Crippen LogP contribution < -0.4 is 5.32 Å². The summed E-state index contributed by atoms with van der Waals surface area (Å²) in [6, 6.07) is 6.98. The molecule has 0 bridgehead atoms. The zero-order valence-electron chi connectivity index (χ0n) is 9.66. The van der Waals surface area contributed by atoms with Gasteiger partial charge in [-0.15, -0.1) is 0 Å². The van der Waals surface area contributed by atoms with Crippen LogP contribution in [0.4, 0.5) is 14.6 Å². The van der Waals surface area contributed by atoms with Crippen LogP contribution in [0.3, 0.4) is 0 Å². The maximum atomic E-state index is 13.4. The van der Waals surface area contributed by atoms with E-state index in [9.17, 15) is 8.78 Å². The molecule has 2 nitrogen and oxygen atoms in total. The van der Waals surface area contributed by atoms with Gasteiger partial charge in [0.1, 0.15) is 17.5 Å². The first-order chi connectivity index (χ1) is 9.06. The van der Waals surface area contributed by atoms with Crippen molar-refractivity contribution in [2.45, 2.75) is 6.42 Å². The summed E-state index contributed by atoms with van der Waals surface area (Å²) in [7, 11) is 0. The minimum Gasteiger partial charge on any atom is -0.334 e. The minimum atomic E-state index is -0.617. The molecule has 1 aromatic heterocycles. The maximum Gasteiger partial charge on any atom is 0.130 e. The predicted octanol–water partition coefficient (Wildman–Crippen LogP) is 4.00. The number of aromatic nitrogens is 1. The molecule has 1 N–H and O–H groups in total. The highest BCUT2D eigenvalue weighted by molar-refractivity contribution is 7.80. The highest BCUT2D eigenvalue weighted by Crippen LogP contribution is 2.15. The lowest BCUT2D eigenvalue weighted by Crippen LogP contribution is -2.14. The van der Waals surface area contributed by atoms with Crippen molar-refractivity contribution in [1.82, 2.24) is 4.98 Å². The molecule has 1 aromatic carbocycles. The molecule has 2 aromatic rings. The fourth-order valence-electron chi connectivity index (χ4n) is 1.50. The van der Waals surface area contributed by atoms with E-state index in [0.29, 0.717) is 10.8 Å². The lowest BCUT2D eigenvalue weighted by atomic mass is 10.1. The van der Waals surface area contributed by atoms with Crippen molar-refractivity contribution in [3.05, 3.63) is 58.7 Å². The molecule has 0 unspecified atom stereocenters. The summed E-state index contributed by atoms with van der Waals surface area (Å²) in [5, 5.41) is 3.30. The first-order valence-corrected chi connectivity index (χ1v) is 6.19. The molecule has 0 amide bonds. The van der Waals surface area contributed by atoms with Gasteiger partial charge in [0.15, 0.2) is 0 Å². The third-order valence-corrected chi connectivity index (χ3v) is 2.86. The molecule has 0 radical (unpaired) electrons. The third kappa shape index (κ3) is 3.68. The first-order valence-electron chi connectivity index (χ1n) is 5.40. The Morgan fingerprint density at radius 3 is 2.47 bits per heavy atom. The smallest absolute Gasteiger partial charge is 0.130 e. The molecule has 0 fully saturated rings. The topological polar surface area (TPSA) is 24.9 Å². The number of nitrogens with one attached hydrogen (secondary N) is 1. The van der Waals surface area contributed by atoms with Crippen molar-refractivity contribution >= 4 is 34.6 Å². The summed E-state index contributed by atoms with van der Waals surface area (Å²) in [5.41, 5.74) is -0.0611. The van der Waals surface area contributed by atoms with Gasteiger partial charge in [-0.05, 0) is 24.3 Å². The summed E-state index contributed by atoms with van der Waals surface area (Å²) >= 11 is 10.7. The van der Waals surface area contributed by atoms with E-state index < -0.39 is 11.6 Å². The number of nitrogens with zero attached hydrogens (tertiary/aromatic N) is 1. The van der Waals surface area contributed by atoms with Crippen LogP contribution in [0.2, 0.25) is 5.02 Å². The standard InChI is InChI=1S/C13H9ClF2N2S/c14-8-4-5-12(17-7-8)18-13(19)6-9-10(15)2-1-3-11(9)16/h1-5,7H,6H2,(H,17,18,19). The molecular weight excluding hydrogens is 290 g/mol. The Morgan fingerprint density at radius 1 is 1.21 bits per heavy atom. The van der Waals surface area contributed by atoms with Gasteiger partial charge in [-0.25, -0.2) is 13.8 Å². The van der Waals surface area contributed by atoms with E-state index in [-0.39, 0.29) is 17.0 Å². The minimum absolute atomic E-state index is 0.0296. The number of anilines is 1.